The number of aliphatic carboxylic acids is 1. The zero-order valence-corrected chi connectivity index (χ0v) is 15.8. The Kier molecular flexibility index (Phi) is 5.84. The fraction of sp³-hybridized carbons (Fsp3) is 0.235. The van der Waals surface area contributed by atoms with Crippen molar-refractivity contribution in [2.75, 3.05) is 0 Å². The Morgan fingerprint density at radius 3 is 1.96 bits per heavy atom. The molecule has 2 aromatic rings. The molecule has 0 radical (unpaired) electrons. The first-order chi connectivity index (χ1) is 12.1. The van der Waals surface area contributed by atoms with Crippen molar-refractivity contribution < 1.29 is 26.7 Å². The summed E-state index contributed by atoms with van der Waals surface area (Å²) in [6.07, 6.45) is 0. The number of hydrogen-bond donors (Lipinski definition) is 2. The molecule has 0 aliphatic rings. The number of carboxylic acids is 1. The number of carbonyl (C=O) groups is 1. The third-order valence-electron chi connectivity index (χ3n) is 3.69. The fourth-order valence-electron chi connectivity index (χ4n) is 2.25. The maximum absolute atomic E-state index is 12.6. The van der Waals surface area contributed by atoms with Gasteiger partial charge >= 0.3 is 5.97 Å². The molecule has 0 amide bonds. The number of hydrogen-bond acceptors (Lipinski definition) is 5. The minimum atomic E-state index is -4.21. The van der Waals surface area contributed by atoms with Crippen LogP contribution in [0.1, 0.15) is 13.8 Å². The first kappa shape index (κ1) is 20.1. The number of sulfone groups is 1. The van der Waals surface area contributed by atoms with Gasteiger partial charge in [-0.1, -0.05) is 38.1 Å². The van der Waals surface area contributed by atoms with Crippen LogP contribution < -0.4 is 4.72 Å². The lowest BCUT2D eigenvalue weighted by atomic mass is 10.1. The van der Waals surface area contributed by atoms with E-state index in [4.69, 9.17) is 5.11 Å². The van der Waals surface area contributed by atoms with Gasteiger partial charge in [0.2, 0.25) is 19.9 Å². The summed E-state index contributed by atoms with van der Waals surface area (Å²) in [5, 5.41) is 9.16. The van der Waals surface area contributed by atoms with Gasteiger partial charge in [-0.25, -0.2) is 16.8 Å². The number of sulfonamides is 1. The van der Waals surface area contributed by atoms with Gasteiger partial charge in [-0.2, -0.15) is 4.72 Å². The van der Waals surface area contributed by atoms with Gasteiger partial charge in [0.1, 0.15) is 6.04 Å². The highest BCUT2D eigenvalue weighted by Gasteiger charge is 2.29. The highest BCUT2D eigenvalue weighted by atomic mass is 32.2. The van der Waals surface area contributed by atoms with Gasteiger partial charge in [0, 0.05) is 0 Å². The molecule has 0 aliphatic carbocycles. The largest absolute Gasteiger partial charge is 0.480 e. The van der Waals surface area contributed by atoms with Crippen molar-refractivity contribution in [3.63, 3.8) is 0 Å². The van der Waals surface area contributed by atoms with E-state index in [9.17, 15) is 21.6 Å². The van der Waals surface area contributed by atoms with Crippen molar-refractivity contribution in [2.45, 2.75) is 34.6 Å². The molecule has 0 saturated heterocycles. The van der Waals surface area contributed by atoms with Gasteiger partial charge in [0.25, 0.3) is 0 Å². The zero-order chi connectivity index (χ0) is 19.5. The number of benzene rings is 2. The van der Waals surface area contributed by atoms with Crippen molar-refractivity contribution in [3.8, 4) is 0 Å². The second-order valence-electron chi connectivity index (χ2n) is 5.97. The minimum absolute atomic E-state index is 0.0353. The monoisotopic (exact) mass is 397 g/mol. The van der Waals surface area contributed by atoms with Crippen molar-refractivity contribution in [3.05, 3.63) is 54.6 Å². The van der Waals surface area contributed by atoms with Crippen LogP contribution in [0.15, 0.2) is 69.3 Å². The first-order valence-corrected chi connectivity index (χ1v) is 10.7. The van der Waals surface area contributed by atoms with Gasteiger partial charge in [0.05, 0.1) is 14.7 Å². The molecule has 0 heterocycles. The second kappa shape index (κ2) is 7.56. The third-order valence-corrected chi connectivity index (χ3v) is 6.90. The van der Waals surface area contributed by atoms with Gasteiger partial charge in [-0.3, -0.25) is 4.79 Å². The average Bonchev–Trinajstić information content (AvgIpc) is 2.60. The number of nitrogens with one attached hydrogen (secondary N) is 1. The van der Waals surface area contributed by atoms with E-state index in [1.165, 1.54) is 30.3 Å². The van der Waals surface area contributed by atoms with Crippen molar-refractivity contribution in [1.82, 2.24) is 4.72 Å². The summed E-state index contributed by atoms with van der Waals surface area (Å²) in [6, 6.07) is 11.1. The lowest BCUT2D eigenvalue weighted by Gasteiger charge is -2.18. The van der Waals surface area contributed by atoms with Crippen molar-refractivity contribution in [2.24, 2.45) is 5.92 Å². The van der Waals surface area contributed by atoms with Crippen LogP contribution in [0.3, 0.4) is 0 Å². The lowest BCUT2D eigenvalue weighted by Crippen LogP contribution is -2.44. The normalized spacial score (nSPS) is 13.5. The van der Waals surface area contributed by atoms with Gasteiger partial charge in [-0.15, -0.1) is 0 Å². The number of carboxylic acid groups (broad SMARTS) is 1. The highest BCUT2D eigenvalue weighted by molar-refractivity contribution is 7.91. The zero-order valence-electron chi connectivity index (χ0n) is 14.2. The molecule has 0 saturated carbocycles. The summed E-state index contributed by atoms with van der Waals surface area (Å²) in [6.45, 7) is 3.13. The molecule has 2 rings (SSSR count). The van der Waals surface area contributed by atoms with Crippen LogP contribution in [0.5, 0.6) is 0 Å². The van der Waals surface area contributed by atoms with Crippen LogP contribution >= 0.6 is 0 Å². The average molecular weight is 397 g/mol. The van der Waals surface area contributed by atoms with Crippen LogP contribution in [-0.4, -0.2) is 34.0 Å². The molecule has 1 atom stereocenters. The Morgan fingerprint density at radius 2 is 1.42 bits per heavy atom. The van der Waals surface area contributed by atoms with E-state index < -0.39 is 37.8 Å². The molecule has 7 nitrogen and oxygen atoms in total. The van der Waals surface area contributed by atoms with Crippen molar-refractivity contribution >= 4 is 25.8 Å². The predicted molar refractivity (Wildman–Crippen MR) is 94.9 cm³/mol. The summed E-state index contributed by atoms with van der Waals surface area (Å²) in [4.78, 5) is 10.8. The molecule has 0 unspecified atom stereocenters. The van der Waals surface area contributed by atoms with Gasteiger partial charge in [0.15, 0.2) is 0 Å². The Balaban J connectivity index is 2.44. The summed E-state index contributed by atoms with van der Waals surface area (Å²) in [5.41, 5.74) is 0. The summed E-state index contributed by atoms with van der Waals surface area (Å²) >= 11 is 0. The SMILES string of the molecule is CC(C)[C@H](NS(=O)(=O)c1cccc(S(=O)(=O)c2ccccc2)c1)C(=O)O. The fourth-order valence-corrected chi connectivity index (χ4v) is 5.04. The Hall–Kier alpha value is -2.23. The van der Waals surface area contributed by atoms with Gasteiger partial charge in [-0.05, 0) is 36.2 Å². The standard InChI is InChI=1S/C17H19NO6S2/c1-12(2)16(17(19)20)18-26(23,24)15-10-6-9-14(11-15)25(21,22)13-7-4-3-5-8-13/h3-12,16,18H,1-2H3,(H,19,20)/t16-/m0/s1. The molecule has 2 N–H and O–H groups in total. The van der Waals surface area contributed by atoms with E-state index in [1.807, 2.05) is 0 Å². The predicted octanol–water partition coefficient (Wildman–Crippen LogP) is 1.91. The molecule has 26 heavy (non-hydrogen) atoms. The molecule has 0 aromatic heterocycles. The highest BCUT2D eigenvalue weighted by Crippen LogP contribution is 2.23. The Labute approximate surface area is 152 Å². The molecule has 0 bridgehead atoms. The molecule has 0 aliphatic heterocycles. The summed E-state index contributed by atoms with van der Waals surface area (Å²) in [7, 11) is -8.10. The molecule has 0 fully saturated rings. The second-order valence-corrected chi connectivity index (χ2v) is 9.64. The first-order valence-electron chi connectivity index (χ1n) is 7.71. The third kappa shape index (κ3) is 4.29. The topological polar surface area (TPSA) is 118 Å². The van der Waals surface area contributed by atoms with E-state index in [1.54, 1.807) is 32.0 Å². The molecular formula is C17H19NO6S2. The summed E-state index contributed by atoms with van der Waals surface area (Å²) in [5.74, 6) is -1.80. The van der Waals surface area contributed by atoms with E-state index in [-0.39, 0.29) is 14.7 Å². The van der Waals surface area contributed by atoms with E-state index in [0.717, 1.165) is 6.07 Å². The van der Waals surface area contributed by atoms with Crippen molar-refractivity contribution in [1.29, 1.82) is 0 Å². The van der Waals surface area contributed by atoms with Gasteiger partial charge < -0.3 is 5.11 Å². The maximum Gasteiger partial charge on any atom is 0.322 e. The molecule has 0 spiro atoms. The Bertz CT molecular complexity index is 999. The molecule has 2 aromatic carbocycles. The quantitative estimate of drug-likeness (QED) is 0.737. The Morgan fingerprint density at radius 1 is 0.885 bits per heavy atom. The van der Waals surface area contributed by atoms with E-state index in [0.29, 0.717) is 0 Å². The van der Waals surface area contributed by atoms with E-state index >= 15 is 0 Å². The van der Waals surface area contributed by atoms with Crippen LogP contribution in [0.4, 0.5) is 0 Å². The maximum atomic E-state index is 12.6. The lowest BCUT2D eigenvalue weighted by molar-refractivity contribution is -0.140. The van der Waals surface area contributed by atoms with Crippen LogP contribution in [0.25, 0.3) is 0 Å². The summed E-state index contributed by atoms with van der Waals surface area (Å²) < 4.78 is 52.4. The van der Waals surface area contributed by atoms with E-state index in [2.05, 4.69) is 4.72 Å². The molecule has 9 heteroatoms. The smallest absolute Gasteiger partial charge is 0.322 e. The number of rotatable bonds is 7. The molecular weight excluding hydrogens is 378 g/mol. The molecule has 140 valence electrons. The van der Waals surface area contributed by atoms with Crippen LogP contribution in [-0.2, 0) is 24.7 Å². The van der Waals surface area contributed by atoms with Crippen LogP contribution in [0.2, 0.25) is 0 Å². The minimum Gasteiger partial charge on any atom is -0.480 e. The van der Waals surface area contributed by atoms with Crippen LogP contribution in [0, 0.1) is 5.92 Å².